The van der Waals surface area contributed by atoms with Crippen LogP contribution in [0.15, 0.2) is 54.1 Å². The molecule has 0 saturated carbocycles. The molecule has 0 bridgehead atoms. The molecular weight excluding hydrogens is 295 g/mol. The standard InChI is InChI=1S/C17H15.Zr/c1-2-13-11-15-9-6-10-16(17(15)12-13)14-7-4-3-5-8-14;/h3-12H,2H2,1H3;. The van der Waals surface area contributed by atoms with Gasteiger partial charge < -0.3 is 0 Å². The first-order valence-corrected chi connectivity index (χ1v) is 7.83. The molecule has 0 saturated heterocycles. The molecule has 0 aliphatic heterocycles. The van der Waals surface area contributed by atoms with Crippen molar-refractivity contribution in [2.75, 3.05) is 0 Å². The van der Waals surface area contributed by atoms with Gasteiger partial charge in [-0.2, -0.15) is 0 Å². The fourth-order valence-electron chi connectivity index (χ4n) is 2.64. The molecule has 2 aromatic carbocycles. The van der Waals surface area contributed by atoms with Crippen LogP contribution in [0.1, 0.15) is 28.1 Å². The number of fused-ring (bicyclic) bond motifs is 1. The molecule has 0 radical (unpaired) electrons. The Kier molecular flexibility index (Phi) is 3.35. The SMILES string of the molecule is CCC1=Cc2c(-c3ccccc3)cccc2[CH]1[Zr]. The van der Waals surface area contributed by atoms with E-state index in [0.29, 0.717) is 3.63 Å². The number of hydrogen-bond acceptors (Lipinski definition) is 0. The predicted molar refractivity (Wildman–Crippen MR) is 72.9 cm³/mol. The summed E-state index contributed by atoms with van der Waals surface area (Å²) in [5.41, 5.74) is 7.26. The van der Waals surface area contributed by atoms with E-state index in [1.807, 2.05) is 0 Å². The van der Waals surface area contributed by atoms with Crippen molar-refractivity contribution in [3.05, 3.63) is 65.2 Å². The van der Waals surface area contributed by atoms with E-state index in [-0.39, 0.29) is 0 Å². The summed E-state index contributed by atoms with van der Waals surface area (Å²) in [6.45, 7) is 2.26. The fourth-order valence-corrected chi connectivity index (χ4v) is 3.97. The molecule has 3 rings (SSSR count). The molecule has 1 unspecified atom stereocenters. The number of rotatable bonds is 2. The zero-order valence-electron chi connectivity index (χ0n) is 10.5. The Bertz CT molecular complexity index is 596. The molecule has 1 aliphatic carbocycles. The summed E-state index contributed by atoms with van der Waals surface area (Å²) in [6, 6.07) is 17.4. The van der Waals surface area contributed by atoms with E-state index >= 15 is 0 Å². The molecular formula is C17H15Zr. The van der Waals surface area contributed by atoms with Crippen molar-refractivity contribution in [2.45, 2.75) is 17.0 Å². The van der Waals surface area contributed by atoms with Crippen molar-refractivity contribution < 1.29 is 24.7 Å². The molecule has 0 amide bonds. The van der Waals surface area contributed by atoms with Crippen molar-refractivity contribution in [3.8, 4) is 11.1 Å². The maximum absolute atomic E-state index is 2.41. The molecule has 87 valence electrons. The Morgan fingerprint density at radius 1 is 1.00 bits per heavy atom. The van der Waals surface area contributed by atoms with E-state index in [9.17, 15) is 0 Å². The Hall–Kier alpha value is -0.937. The summed E-state index contributed by atoms with van der Waals surface area (Å²) in [5.74, 6) is 0. The van der Waals surface area contributed by atoms with E-state index in [0.717, 1.165) is 0 Å². The van der Waals surface area contributed by atoms with Crippen molar-refractivity contribution in [1.82, 2.24) is 0 Å². The monoisotopic (exact) mass is 309 g/mol. The number of allylic oxidation sites excluding steroid dienone is 1. The Morgan fingerprint density at radius 3 is 2.50 bits per heavy atom. The summed E-state index contributed by atoms with van der Waals surface area (Å²) in [5, 5.41) is 0. The molecule has 1 atom stereocenters. The van der Waals surface area contributed by atoms with Gasteiger partial charge in [0.05, 0.1) is 0 Å². The first-order chi connectivity index (χ1) is 8.81. The van der Waals surface area contributed by atoms with Gasteiger partial charge in [0.1, 0.15) is 0 Å². The van der Waals surface area contributed by atoms with E-state index in [1.165, 1.54) is 28.7 Å². The third-order valence-electron chi connectivity index (χ3n) is 3.64. The van der Waals surface area contributed by atoms with Crippen LogP contribution in [0, 0.1) is 0 Å². The third-order valence-corrected chi connectivity index (χ3v) is 5.32. The average Bonchev–Trinajstić information content (AvgIpc) is 2.77. The minimum absolute atomic E-state index is 0.667. The van der Waals surface area contributed by atoms with Crippen LogP contribution in [0.25, 0.3) is 17.2 Å². The fraction of sp³-hybridized carbons (Fsp3) is 0.176. The van der Waals surface area contributed by atoms with Crippen LogP contribution in [0.4, 0.5) is 0 Å². The molecule has 18 heavy (non-hydrogen) atoms. The quantitative estimate of drug-likeness (QED) is 0.751. The zero-order chi connectivity index (χ0) is 12.5. The van der Waals surface area contributed by atoms with Crippen LogP contribution in [-0.4, -0.2) is 0 Å². The van der Waals surface area contributed by atoms with Crippen molar-refractivity contribution in [2.24, 2.45) is 0 Å². The van der Waals surface area contributed by atoms with Gasteiger partial charge in [-0.25, -0.2) is 0 Å². The second-order valence-electron chi connectivity index (χ2n) is 4.68. The Labute approximate surface area is 124 Å². The second kappa shape index (κ2) is 4.98. The first-order valence-electron chi connectivity index (χ1n) is 6.41. The maximum atomic E-state index is 2.41. The molecule has 0 aromatic heterocycles. The predicted octanol–water partition coefficient (Wildman–Crippen LogP) is 4.75. The topological polar surface area (TPSA) is 0 Å². The van der Waals surface area contributed by atoms with Crippen LogP contribution < -0.4 is 0 Å². The molecule has 2 aromatic rings. The van der Waals surface area contributed by atoms with E-state index < -0.39 is 0 Å². The van der Waals surface area contributed by atoms with Crippen LogP contribution in [0.2, 0.25) is 0 Å². The average molecular weight is 311 g/mol. The van der Waals surface area contributed by atoms with Crippen LogP contribution in [0.5, 0.6) is 0 Å². The van der Waals surface area contributed by atoms with Crippen LogP contribution in [-0.2, 0) is 24.7 Å². The van der Waals surface area contributed by atoms with Gasteiger partial charge in [-0.05, 0) is 0 Å². The van der Waals surface area contributed by atoms with Gasteiger partial charge in [0.2, 0.25) is 0 Å². The molecule has 0 fully saturated rings. The van der Waals surface area contributed by atoms with E-state index in [1.54, 1.807) is 30.3 Å². The summed E-state index contributed by atoms with van der Waals surface area (Å²) in [6.07, 6.45) is 3.58. The molecule has 1 heteroatoms. The summed E-state index contributed by atoms with van der Waals surface area (Å²) < 4.78 is 0.667. The van der Waals surface area contributed by atoms with Gasteiger partial charge in [-0.3, -0.25) is 0 Å². The van der Waals surface area contributed by atoms with Gasteiger partial charge in [0.25, 0.3) is 0 Å². The third kappa shape index (κ3) is 1.95. The number of benzene rings is 2. The van der Waals surface area contributed by atoms with Gasteiger partial charge in [0, 0.05) is 0 Å². The van der Waals surface area contributed by atoms with Gasteiger partial charge >= 0.3 is 124 Å². The molecule has 1 aliphatic rings. The van der Waals surface area contributed by atoms with Crippen LogP contribution >= 0.6 is 0 Å². The van der Waals surface area contributed by atoms with Crippen molar-refractivity contribution in [3.63, 3.8) is 0 Å². The normalized spacial score (nSPS) is 17.3. The van der Waals surface area contributed by atoms with E-state index in [4.69, 9.17) is 0 Å². The zero-order valence-corrected chi connectivity index (χ0v) is 12.9. The van der Waals surface area contributed by atoms with Gasteiger partial charge in [0.15, 0.2) is 0 Å². The van der Waals surface area contributed by atoms with Crippen LogP contribution in [0.3, 0.4) is 0 Å². The Morgan fingerprint density at radius 2 is 1.78 bits per heavy atom. The summed E-state index contributed by atoms with van der Waals surface area (Å²) in [4.78, 5) is 0. The molecule has 0 nitrogen and oxygen atoms in total. The second-order valence-corrected chi connectivity index (χ2v) is 6.10. The minimum atomic E-state index is 0.667. The molecule has 0 N–H and O–H groups in total. The number of hydrogen-bond donors (Lipinski definition) is 0. The first kappa shape index (κ1) is 12.1. The summed E-state index contributed by atoms with van der Waals surface area (Å²) >= 11 is 1.60. The Balaban J connectivity index is 2.18. The van der Waals surface area contributed by atoms with Crippen molar-refractivity contribution >= 4 is 6.08 Å². The van der Waals surface area contributed by atoms with Gasteiger partial charge in [-0.1, -0.05) is 0 Å². The molecule has 0 spiro atoms. The van der Waals surface area contributed by atoms with E-state index in [2.05, 4.69) is 61.5 Å². The summed E-state index contributed by atoms with van der Waals surface area (Å²) in [7, 11) is 0. The van der Waals surface area contributed by atoms with Gasteiger partial charge in [-0.15, -0.1) is 0 Å². The van der Waals surface area contributed by atoms with Crippen molar-refractivity contribution in [1.29, 1.82) is 0 Å². The molecule has 0 heterocycles.